The average Bonchev–Trinajstić information content (AvgIpc) is 2.49. The first-order chi connectivity index (χ1) is 9.97. The van der Waals surface area contributed by atoms with Crippen molar-refractivity contribution in [2.45, 2.75) is 39.7 Å². The van der Waals surface area contributed by atoms with Gasteiger partial charge >= 0.3 is 0 Å². The summed E-state index contributed by atoms with van der Waals surface area (Å²) in [7, 11) is 1.59. The van der Waals surface area contributed by atoms with Crippen LogP contribution < -0.4 is 10.1 Å². The Kier molecular flexibility index (Phi) is 7.23. The second kappa shape index (κ2) is 8.67. The van der Waals surface area contributed by atoms with Gasteiger partial charge < -0.3 is 15.2 Å². The van der Waals surface area contributed by atoms with E-state index >= 15 is 0 Å². The van der Waals surface area contributed by atoms with Gasteiger partial charge in [-0.05, 0) is 29.5 Å². The number of aliphatic hydroxyl groups excluding tert-OH is 1. The molecule has 0 radical (unpaired) electrons. The number of rotatable bonds is 8. The molecule has 0 aliphatic rings. The fraction of sp³-hybridized carbons (Fsp3) is 0.588. The van der Waals surface area contributed by atoms with Crippen LogP contribution in [0.1, 0.15) is 45.3 Å². The van der Waals surface area contributed by atoms with Crippen LogP contribution in [0.3, 0.4) is 0 Å². The van der Waals surface area contributed by atoms with E-state index in [1.807, 2.05) is 18.2 Å². The van der Waals surface area contributed by atoms with Gasteiger partial charge in [0.2, 0.25) is 5.91 Å². The van der Waals surface area contributed by atoms with Gasteiger partial charge in [-0.2, -0.15) is 0 Å². The van der Waals surface area contributed by atoms with Gasteiger partial charge in [0, 0.05) is 13.0 Å². The molecule has 0 aliphatic carbocycles. The molecule has 0 bridgehead atoms. The lowest BCUT2D eigenvalue weighted by Gasteiger charge is -2.19. The molecule has 2 atom stereocenters. The number of aliphatic hydroxyl groups is 1. The van der Waals surface area contributed by atoms with Gasteiger partial charge in [-0.3, -0.25) is 4.79 Å². The second-order valence-corrected chi connectivity index (χ2v) is 5.71. The third-order valence-corrected chi connectivity index (χ3v) is 3.89. The molecule has 1 amide bonds. The number of methoxy groups -OCH3 is 1. The summed E-state index contributed by atoms with van der Waals surface area (Å²) in [4.78, 5) is 11.9. The van der Waals surface area contributed by atoms with Crippen molar-refractivity contribution in [2.75, 3.05) is 13.7 Å². The Morgan fingerprint density at radius 2 is 2.10 bits per heavy atom. The number of amides is 1. The van der Waals surface area contributed by atoms with E-state index in [9.17, 15) is 9.90 Å². The third-order valence-electron chi connectivity index (χ3n) is 3.89. The minimum atomic E-state index is -0.719. The Bertz CT molecular complexity index is 445. The van der Waals surface area contributed by atoms with Crippen LogP contribution in [0.15, 0.2) is 24.3 Å². The van der Waals surface area contributed by atoms with Crippen LogP contribution in [-0.2, 0) is 4.79 Å². The van der Waals surface area contributed by atoms with Crippen LogP contribution in [0.5, 0.6) is 5.75 Å². The summed E-state index contributed by atoms with van der Waals surface area (Å²) in [5, 5.41) is 12.9. The third kappa shape index (κ3) is 5.76. The van der Waals surface area contributed by atoms with E-state index in [1.165, 1.54) is 0 Å². The second-order valence-electron chi connectivity index (χ2n) is 5.71. The lowest BCUT2D eigenvalue weighted by Crippen LogP contribution is -2.30. The first-order valence-corrected chi connectivity index (χ1v) is 7.56. The van der Waals surface area contributed by atoms with Crippen LogP contribution in [0, 0.1) is 11.8 Å². The van der Waals surface area contributed by atoms with Crippen molar-refractivity contribution in [1.82, 2.24) is 5.32 Å². The van der Waals surface area contributed by atoms with E-state index < -0.39 is 6.10 Å². The maximum atomic E-state index is 11.9. The molecule has 2 unspecified atom stereocenters. The SMILES string of the molecule is CCC(CC(=O)NCC(O)c1cccc(OC)c1)C(C)C. The number of ether oxygens (including phenoxy) is 1. The molecular weight excluding hydrogens is 266 g/mol. The fourth-order valence-corrected chi connectivity index (χ4v) is 2.34. The summed E-state index contributed by atoms with van der Waals surface area (Å²) in [6.45, 7) is 6.59. The lowest BCUT2D eigenvalue weighted by atomic mass is 9.90. The molecule has 0 aliphatic heterocycles. The smallest absolute Gasteiger partial charge is 0.220 e. The molecule has 1 aromatic rings. The van der Waals surface area contributed by atoms with E-state index in [0.29, 0.717) is 24.0 Å². The number of benzene rings is 1. The Balaban J connectivity index is 2.48. The predicted molar refractivity (Wildman–Crippen MR) is 84.2 cm³/mol. The van der Waals surface area contributed by atoms with Gasteiger partial charge in [-0.1, -0.05) is 39.3 Å². The average molecular weight is 293 g/mol. The van der Waals surface area contributed by atoms with Crippen LogP contribution >= 0.6 is 0 Å². The Morgan fingerprint density at radius 3 is 2.67 bits per heavy atom. The monoisotopic (exact) mass is 293 g/mol. The first-order valence-electron chi connectivity index (χ1n) is 7.56. The number of nitrogens with one attached hydrogen (secondary N) is 1. The van der Waals surface area contributed by atoms with Crippen LogP contribution in [0.25, 0.3) is 0 Å². The van der Waals surface area contributed by atoms with Gasteiger partial charge in [-0.25, -0.2) is 0 Å². The summed E-state index contributed by atoms with van der Waals surface area (Å²) in [6, 6.07) is 7.25. The zero-order valence-corrected chi connectivity index (χ0v) is 13.4. The Morgan fingerprint density at radius 1 is 1.38 bits per heavy atom. The molecule has 2 N–H and O–H groups in total. The molecular formula is C17H27NO3. The molecule has 0 fully saturated rings. The minimum absolute atomic E-state index is 0.00232. The summed E-state index contributed by atoms with van der Waals surface area (Å²) in [6.07, 6.45) is 0.783. The highest BCUT2D eigenvalue weighted by Crippen LogP contribution is 2.20. The van der Waals surface area contributed by atoms with Crippen molar-refractivity contribution < 1.29 is 14.6 Å². The van der Waals surface area contributed by atoms with Gasteiger partial charge in [0.05, 0.1) is 13.2 Å². The van der Waals surface area contributed by atoms with Crippen molar-refractivity contribution in [1.29, 1.82) is 0 Å². The minimum Gasteiger partial charge on any atom is -0.497 e. The molecule has 0 saturated heterocycles. The van der Waals surface area contributed by atoms with Crippen molar-refractivity contribution in [3.63, 3.8) is 0 Å². The van der Waals surface area contributed by atoms with Gasteiger partial charge in [0.15, 0.2) is 0 Å². The van der Waals surface area contributed by atoms with E-state index in [1.54, 1.807) is 13.2 Å². The summed E-state index contributed by atoms with van der Waals surface area (Å²) in [5.74, 6) is 1.57. The van der Waals surface area contributed by atoms with E-state index in [-0.39, 0.29) is 12.5 Å². The van der Waals surface area contributed by atoms with Crippen molar-refractivity contribution in [2.24, 2.45) is 11.8 Å². The Hall–Kier alpha value is -1.55. The highest BCUT2D eigenvalue weighted by molar-refractivity contribution is 5.76. The number of carbonyl (C=O) groups is 1. The van der Waals surface area contributed by atoms with Crippen molar-refractivity contribution >= 4 is 5.91 Å². The summed E-state index contributed by atoms with van der Waals surface area (Å²) < 4.78 is 5.13. The maximum absolute atomic E-state index is 11.9. The van der Waals surface area contributed by atoms with Crippen LogP contribution in [0.4, 0.5) is 0 Å². The summed E-state index contributed by atoms with van der Waals surface area (Å²) in [5.41, 5.74) is 0.741. The molecule has 118 valence electrons. The van der Waals surface area contributed by atoms with Gasteiger partial charge in [-0.15, -0.1) is 0 Å². The normalized spacial score (nSPS) is 13.8. The molecule has 0 saturated carbocycles. The van der Waals surface area contributed by atoms with E-state index in [0.717, 1.165) is 12.0 Å². The topological polar surface area (TPSA) is 58.6 Å². The highest BCUT2D eigenvalue weighted by atomic mass is 16.5. The number of carbonyl (C=O) groups excluding carboxylic acids is 1. The quantitative estimate of drug-likeness (QED) is 0.775. The molecule has 1 aromatic carbocycles. The van der Waals surface area contributed by atoms with Crippen LogP contribution in [-0.4, -0.2) is 24.7 Å². The standard InChI is InChI=1S/C17H27NO3/c1-5-13(12(2)3)10-17(20)18-11-16(19)14-7-6-8-15(9-14)21-4/h6-9,12-13,16,19H,5,10-11H2,1-4H3,(H,18,20). The zero-order chi connectivity index (χ0) is 15.8. The van der Waals surface area contributed by atoms with Crippen molar-refractivity contribution in [3.05, 3.63) is 29.8 Å². The van der Waals surface area contributed by atoms with Gasteiger partial charge in [0.25, 0.3) is 0 Å². The highest BCUT2D eigenvalue weighted by Gasteiger charge is 2.16. The summed E-state index contributed by atoms with van der Waals surface area (Å²) >= 11 is 0. The molecule has 4 nitrogen and oxygen atoms in total. The van der Waals surface area contributed by atoms with E-state index in [2.05, 4.69) is 26.1 Å². The molecule has 21 heavy (non-hydrogen) atoms. The zero-order valence-electron chi connectivity index (χ0n) is 13.4. The van der Waals surface area contributed by atoms with Crippen LogP contribution in [0.2, 0.25) is 0 Å². The number of hydrogen-bond acceptors (Lipinski definition) is 3. The maximum Gasteiger partial charge on any atom is 0.220 e. The fourth-order valence-electron chi connectivity index (χ4n) is 2.34. The molecule has 0 heterocycles. The molecule has 4 heteroatoms. The van der Waals surface area contributed by atoms with E-state index in [4.69, 9.17) is 4.74 Å². The molecule has 0 spiro atoms. The molecule has 1 rings (SSSR count). The van der Waals surface area contributed by atoms with Crippen molar-refractivity contribution in [3.8, 4) is 5.75 Å². The first kappa shape index (κ1) is 17.5. The van der Waals surface area contributed by atoms with Gasteiger partial charge in [0.1, 0.15) is 5.75 Å². The molecule has 0 aromatic heterocycles. The lowest BCUT2D eigenvalue weighted by molar-refractivity contribution is -0.122. The predicted octanol–water partition coefficient (Wildman–Crippen LogP) is 2.92. The number of hydrogen-bond donors (Lipinski definition) is 2. The largest absolute Gasteiger partial charge is 0.497 e. The Labute approximate surface area is 127 Å².